The largest absolute Gasteiger partial charge is 0.465 e. The molecule has 0 saturated carbocycles. The predicted octanol–water partition coefficient (Wildman–Crippen LogP) is 4.49. The third kappa shape index (κ3) is 4.04. The average molecular weight is 432 g/mol. The second-order valence-corrected chi connectivity index (χ2v) is 6.51. The number of nitro groups is 1. The monoisotopic (exact) mass is 432 g/mol. The number of anilines is 1. The van der Waals surface area contributed by atoms with Crippen molar-refractivity contribution in [3.05, 3.63) is 86.6 Å². The van der Waals surface area contributed by atoms with E-state index in [9.17, 15) is 32.9 Å². The lowest BCUT2D eigenvalue weighted by molar-refractivity contribution is -0.384. The first-order valence-corrected chi connectivity index (χ1v) is 8.82. The summed E-state index contributed by atoms with van der Waals surface area (Å²) in [4.78, 5) is 36.8. The molecule has 2 aromatic carbocycles. The Kier molecular flexibility index (Phi) is 5.65. The van der Waals surface area contributed by atoms with Crippen LogP contribution in [0.15, 0.2) is 65.4 Å². The SMILES string of the molecule is COC(=O)C1=C(C)N(c2ccc([N+](=O)[O-])cc2)C(=O)/C1=C\c1ccccc1C(F)(F)F. The van der Waals surface area contributed by atoms with Crippen LogP contribution < -0.4 is 4.90 Å². The number of hydrogen-bond acceptors (Lipinski definition) is 5. The molecule has 3 rings (SSSR count). The van der Waals surface area contributed by atoms with Gasteiger partial charge in [0.2, 0.25) is 0 Å². The zero-order valence-electron chi connectivity index (χ0n) is 16.3. The van der Waals surface area contributed by atoms with Crippen molar-refractivity contribution in [1.29, 1.82) is 0 Å². The molecule has 1 amide bonds. The number of allylic oxidation sites excluding steroid dienone is 1. The van der Waals surface area contributed by atoms with Gasteiger partial charge in [0.25, 0.3) is 11.6 Å². The summed E-state index contributed by atoms with van der Waals surface area (Å²) in [6.07, 6.45) is -3.68. The van der Waals surface area contributed by atoms with Gasteiger partial charge in [0.15, 0.2) is 0 Å². The van der Waals surface area contributed by atoms with Gasteiger partial charge in [-0.15, -0.1) is 0 Å². The van der Waals surface area contributed by atoms with Gasteiger partial charge in [0, 0.05) is 23.5 Å². The van der Waals surface area contributed by atoms with E-state index < -0.39 is 28.5 Å². The second kappa shape index (κ2) is 8.05. The highest BCUT2D eigenvalue weighted by Gasteiger charge is 2.39. The molecule has 1 aliphatic heterocycles. The normalized spacial score (nSPS) is 15.6. The van der Waals surface area contributed by atoms with Crippen LogP contribution in [0, 0.1) is 10.1 Å². The first-order chi connectivity index (χ1) is 14.6. The molecule has 0 saturated heterocycles. The summed E-state index contributed by atoms with van der Waals surface area (Å²) < 4.78 is 44.9. The first kappa shape index (κ1) is 21.8. The number of nitro benzene ring substituents is 1. The van der Waals surface area contributed by atoms with Gasteiger partial charge in [-0.05, 0) is 36.8 Å². The van der Waals surface area contributed by atoms with Crippen molar-refractivity contribution in [2.24, 2.45) is 0 Å². The number of carbonyl (C=O) groups is 2. The minimum atomic E-state index is -4.67. The maximum atomic E-state index is 13.4. The third-order valence-electron chi connectivity index (χ3n) is 4.67. The lowest BCUT2D eigenvalue weighted by Gasteiger charge is -2.17. The highest BCUT2D eigenvalue weighted by Crippen LogP contribution is 2.38. The number of amides is 1. The Labute approximate surface area is 174 Å². The van der Waals surface area contributed by atoms with Crippen LogP contribution in [0.2, 0.25) is 0 Å². The molecule has 7 nitrogen and oxygen atoms in total. The predicted molar refractivity (Wildman–Crippen MR) is 105 cm³/mol. The number of rotatable bonds is 4. The topological polar surface area (TPSA) is 89.8 Å². The number of hydrogen-bond donors (Lipinski definition) is 0. The minimum absolute atomic E-state index is 0.126. The number of alkyl halides is 3. The van der Waals surface area contributed by atoms with Crippen molar-refractivity contribution in [1.82, 2.24) is 0 Å². The molecule has 0 fully saturated rings. The van der Waals surface area contributed by atoms with Crippen LogP contribution in [0.1, 0.15) is 18.1 Å². The molecular formula is C21H15F3N2O5. The number of nitrogens with zero attached hydrogens (tertiary/aromatic N) is 2. The van der Waals surface area contributed by atoms with Crippen LogP contribution in [0.5, 0.6) is 0 Å². The fraction of sp³-hybridized carbons (Fsp3) is 0.143. The quantitative estimate of drug-likeness (QED) is 0.307. The Hall–Kier alpha value is -3.95. The van der Waals surface area contributed by atoms with E-state index in [1.165, 1.54) is 49.4 Å². The molecule has 0 atom stereocenters. The van der Waals surface area contributed by atoms with E-state index in [-0.39, 0.29) is 33.8 Å². The van der Waals surface area contributed by atoms with E-state index >= 15 is 0 Å². The van der Waals surface area contributed by atoms with Gasteiger partial charge in [-0.1, -0.05) is 18.2 Å². The molecule has 1 heterocycles. The van der Waals surface area contributed by atoms with Crippen molar-refractivity contribution < 1.29 is 32.4 Å². The van der Waals surface area contributed by atoms with Crippen molar-refractivity contribution in [3.8, 4) is 0 Å². The van der Waals surface area contributed by atoms with Gasteiger partial charge in [-0.3, -0.25) is 19.8 Å². The van der Waals surface area contributed by atoms with Crippen LogP contribution >= 0.6 is 0 Å². The molecule has 1 aliphatic rings. The number of esters is 1. The number of benzene rings is 2. The van der Waals surface area contributed by atoms with Gasteiger partial charge in [0.05, 0.1) is 28.7 Å². The Morgan fingerprint density at radius 2 is 1.74 bits per heavy atom. The Morgan fingerprint density at radius 3 is 2.29 bits per heavy atom. The summed E-state index contributed by atoms with van der Waals surface area (Å²) in [7, 11) is 1.09. The van der Waals surface area contributed by atoms with Crippen LogP contribution in [-0.4, -0.2) is 23.9 Å². The number of carbonyl (C=O) groups excluding carboxylic acids is 2. The molecule has 0 spiro atoms. The lowest BCUT2D eigenvalue weighted by atomic mass is 10.00. The van der Waals surface area contributed by atoms with Crippen LogP contribution in [-0.2, 0) is 20.5 Å². The average Bonchev–Trinajstić information content (AvgIpc) is 2.96. The first-order valence-electron chi connectivity index (χ1n) is 8.82. The summed E-state index contributed by atoms with van der Waals surface area (Å²) in [6.45, 7) is 1.43. The summed E-state index contributed by atoms with van der Waals surface area (Å²) in [5, 5.41) is 10.9. The van der Waals surface area contributed by atoms with Gasteiger partial charge in [0.1, 0.15) is 0 Å². The second-order valence-electron chi connectivity index (χ2n) is 6.51. The van der Waals surface area contributed by atoms with Gasteiger partial charge in [-0.25, -0.2) is 4.79 Å². The molecular weight excluding hydrogens is 417 g/mol. The van der Waals surface area contributed by atoms with E-state index in [0.29, 0.717) is 0 Å². The molecule has 0 radical (unpaired) electrons. The van der Waals surface area contributed by atoms with Crippen molar-refractivity contribution in [2.45, 2.75) is 13.1 Å². The van der Waals surface area contributed by atoms with Gasteiger partial charge < -0.3 is 4.74 Å². The fourth-order valence-corrected chi connectivity index (χ4v) is 3.25. The van der Waals surface area contributed by atoms with E-state index in [0.717, 1.165) is 24.2 Å². The Morgan fingerprint density at radius 1 is 1.13 bits per heavy atom. The molecule has 0 N–H and O–H groups in total. The molecule has 10 heteroatoms. The standard InChI is InChI=1S/C21H15F3N2O5/c1-12-18(20(28)31-2)16(11-13-5-3-4-6-17(13)21(22,23)24)19(27)25(12)14-7-9-15(10-8-14)26(29)30/h3-11H,1-2H3/b16-11-. The number of halogens is 3. The number of non-ortho nitro benzene ring substituents is 1. The van der Waals surface area contributed by atoms with E-state index in [1.54, 1.807) is 0 Å². The molecule has 0 aliphatic carbocycles. The van der Waals surface area contributed by atoms with Gasteiger partial charge >= 0.3 is 12.1 Å². The fourth-order valence-electron chi connectivity index (χ4n) is 3.25. The number of ether oxygens (including phenoxy) is 1. The highest BCUT2D eigenvalue weighted by atomic mass is 19.4. The van der Waals surface area contributed by atoms with Crippen molar-refractivity contribution >= 4 is 29.3 Å². The zero-order chi connectivity index (χ0) is 22.9. The molecule has 160 valence electrons. The summed E-state index contributed by atoms with van der Waals surface area (Å²) >= 11 is 0. The Balaban J connectivity index is 2.16. The molecule has 2 aromatic rings. The molecule has 0 aromatic heterocycles. The third-order valence-corrected chi connectivity index (χ3v) is 4.67. The Bertz CT molecular complexity index is 1130. The summed E-state index contributed by atoms with van der Waals surface area (Å²) in [6, 6.07) is 9.61. The summed E-state index contributed by atoms with van der Waals surface area (Å²) in [5.41, 5.74) is -1.60. The minimum Gasteiger partial charge on any atom is -0.465 e. The van der Waals surface area contributed by atoms with E-state index in [1.807, 2.05) is 0 Å². The van der Waals surface area contributed by atoms with E-state index in [4.69, 9.17) is 4.74 Å². The smallest absolute Gasteiger partial charge is 0.416 e. The van der Waals surface area contributed by atoms with Crippen LogP contribution in [0.25, 0.3) is 6.08 Å². The van der Waals surface area contributed by atoms with Gasteiger partial charge in [-0.2, -0.15) is 13.2 Å². The molecule has 0 unspecified atom stereocenters. The maximum absolute atomic E-state index is 13.4. The maximum Gasteiger partial charge on any atom is 0.416 e. The lowest BCUT2D eigenvalue weighted by Crippen LogP contribution is -2.24. The van der Waals surface area contributed by atoms with Crippen molar-refractivity contribution in [2.75, 3.05) is 12.0 Å². The number of methoxy groups -OCH3 is 1. The molecule has 0 bridgehead atoms. The van der Waals surface area contributed by atoms with Crippen molar-refractivity contribution in [3.63, 3.8) is 0 Å². The van der Waals surface area contributed by atoms with E-state index in [2.05, 4.69) is 0 Å². The zero-order valence-corrected chi connectivity index (χ0v) is 16.3. The van der Waals surface area contributed by atoms with Crippen LogP contribution in [0.3, 0.4) is 0 Å². The highest BCUT2D eigenvalue weighted by molar-refractivity contribution is 6.23. The molecule has 31 heavy (non-hydrogen) atoms. The summed E-state index contributed by atoms with van der Waals surface area (Å²) in [5.74, 6) is -1.66. The van der Waals surface area contributed by atoms with Crippen LogP contribution in [0.4, 0.5) is 24.5 Å².